The first kappa shape index (κ1) is 21.1. The molecule has 0 aliphatic carbocycles. The molecule has 1 fully saturated rings. The number of nitrogens with zero attached hydrogens (tertiary/aromatic N) is 1. The van der Waals surface area contributed by atoms with Gasteiger partial charge in [0.1, 0.15) is 5.75 Å². The third-order valence-corrected chi connectivity index (χ3v) is 6.55. The van der Waals surface area contributed by atoms with Gasteiger partial charge >= 0.3 is 0 Å². The summed E-state index contributed by atoms with van der Waals surface area (Å²) in [5, 5.41) is 0.934. The second kappa shape index (κ2) is 8.94. The van der Waals surface area contributed by atoms with Gasteiger partial charge in [-0.25, -0.2) is 0 Å². The predicted molar refractivity (Wildman–Crippen MR) is 128 cm³/mol. The van der Waals surface area contributed by atoms with Crippen LogP contribution in [0.5, 0.6) is 5.75 Å². The minimum absolute atomic E-state index is 0.115. The van der Waals surface area contributed by atoms with Gasteiger partial charge in [0, 0.05) is 15.9 Å². The van der Waals surface area contributed by atoms with E-state index in [9.17, 15) is 4.79 Å². The number of fused-ring (bicyclic) bond motifs is 1. The molecular formula is C25H29BrN2O2. The number of hydrogen-bond acceptors (Lipinski definition) is 3. The Hall–Kier alpha value is -2.11. The number of nitrogens with one attached hydrogen (secondary N) is 1. The summed E-state index contributed by atoms with van der Waals surface area (Å²) < 4.78 is 7.32. The summed E-state index contributed by atoms with van der Waals surface area (Å²) >= 11 is 3.51. The van der Waals surface area contributed by atoms with Crippen LogP contribution < -0.4 is 10.3 Å². The van der Waals surface area contributed by atoms with Gasteiger partial charge in [-0.2, -0.15) is 0 Å². The fraction of sp³-hybridized carbons (Fsp3) is 0.400. The number of halogens is 1. The Morgan fingerprint density at radius 1 is 1.13 bits per heavy atom. The molecule has 1 N–H and O–H groups in total. The molecule has 0 bridgehead atoms. The van der Waals surface area contributed by atoms with Crippen molar-refractivity contribution in [2.24, 2.45) is 0 Å². The van der Waals surface area contributed by atoms with E-state index in [0.717, 1.165) is 45.0 Å². The highest BCUT2D eigenvalue weighted by molar-refractivity contribution is 9.10. The van der Waals surface area contributed by atoms with Crippen molar-refractivity contribution in [1.82, 2.24) is 9.88 Å². The molecule has 1 atom stereocenters. The average molecular weight is 469 g/mol. The maximum atomic E-state index is 13.1. The van der Waals surface area contributed by atoms with Crippen molar-refractivity contribution in [3.8, 4) is 16.9 Å². The number of aromatic amines is 1. The normalized spacial score (nSPS) is 17.4. The van der Waals surface area contributed by atoms with Gasteiger partial charge in [0.2, 0.25) is 0 Å². The molecule has 1 saturated heterocycles. The van der Waals surface area contributed by atoms with Gasteiger partial charge < -0.3 is 14.6 Å². The van der Waals surface area contributed by atoms with Gasteiger partial charge in [0.15, 0.2) is 0 Å². The zero-order chi connectivity index (χ0) is 21.3. The van der Waals surface area contributed by atoms with Crippen molar-refractivity contribution in [2.45, 2.75) is 45.6 Å². The Kier molecular flexibility index (Phi) is 6.30. The molecule has 3 aromatic rings. The second-order valence-electron chi connectivity index (χ2n) is 8.49. The van der Waals surface area contributed by atoms with Gasteiger partial charge in [0.25, 0.3) is 5.56 Å². The van der Waals surface area contributed by atoms with Gasteiger partial charge in [-0.3, -0.25) is 4.79 Å². The smallest absolute Gasteiger partial charge is 0.260 e. The van der Waals surface area contributed by atoms with Crippen molar-refractivity contribution in [3.63, 3.8) is 0 Å². The fourth-order valence-electron chi connectivity index (χ4n) is 4.58. The van der Waals surface area contributed by atoms with Crippen LogP contribution in [0, 0.1) is 13.8 Å². The topological polar surface area (TPSA) is 45.3 Å². The quantitative estimate of drug-likeness (QED) is 0.512. The highest BCUT2D eigenvalue weighted by Crippen LogP contribution is 2.35. The largest absolute Gasteiger partial charge is 0.492 e. The summed E-state index contributed by atoms with van der Waals surface area (Å²) in [5.74, 6) is 0.685. The van der Waals surface area contributed by atoms with Crippen LogP contribution in [0.15, 0.2) is 45.7 Å². The second-order valence-corrected chi connectivity index (χ2v) is 9.41. The van der Waals surface area contributed by atoms with Crippen molar-refractivity contribution >= 4 is 26.8 Å². The van der Waals surface area contributed by atoms with E-state index < -0.39 is 0 Å². The summed E-state index contributed by atoms with van der Waals surface area (Å²) in [6.07, 6.45) is 4.74. The molecule has 1 aromatic heterocycles. The average Bonchev–Trinajstić information content (AvgIpc) is 2.68. The number of hydrogen-bond donors (Lipinski definition) is 1. The van der Waals surface area contributed by atoms with E-state index in [-0.39, 0.29) is 5.56 Å². The monoisotopic (exact) mass is 468 g/mol. The molecule has 4 nitrogen and oxygen atoms in total. The lowest BCUT2D eigenvalue weighted by atomic mass is 9.99. The standard InChI is InChI=1S/C25H29BrN2O2/c1-16-12-17(2)14-18(13-16)23-24(30-11-9-20-6-4-5-10-28(20)3)21-8-7-19(26)15-22(21)27-25(23)29/h7-8,12-15,20H,4-6,9-11H2,1-3H3,(H,27,29). The summed E-state index contributed by atoms with van der Waals surface area (Å²) in [5.41, 5.74) is 4.46. The van der Waals surface area contributed by atoms with E-state index in [1.165, 1.54) is 19.3 Å². The Labute approximate surface area is 186 Å². The Morgan fingerprint density at radius 2 is 1.90 bits per heavy atom. The summed E-state index contributed by atoms with van der Waals surface area (Å²) in [6.45, 7) is 5.87. The van der Waals surface area contributed by atoms with Crippen molar-refractivity contribution < 1.29 is 4.74 Å². The number of likely N-dealkylation sites (tertiary alicyclic amines) is 1. The number of aromatic nitrogens is 1. The van der Waals surface area contributed by atoms with Crippen molar-refractivity contribution in [1.29, 1.82) is 0 Å². The zero-order valence-electron chi connectivity index (χ0n) is 17.9. The molecular weight excluding hydrogens is 440 g/mol. The van der Waals surface area contributed by atoms with E-state index in [0.29, 0.717) is 24.0 Å². The Morgan fingerprint density at radius 3 is 2.63 bits per heavy atom. The van der Waals surface area contributed by atoms with Gasteiger partial charge in [0.05, 0.1) is 17.7 Å². The number of rotatable bonds is 5. The zero-order valence-corrected chi connectivity index (χ0v) is 19.5. The summed E-state index contributed by atoms with van der Waals surface area (Å²) in [7, 11) is 2.20. The number of benzene rings is 2. The van der Waals surface area contributed by atoms with E-state index in [1.807, 2.05) is 18.2 Å². The Bertz CT molecular complexity index is 1100. The molecule has 158 valence electrons. The lowest BCUT2D eigenvalue weighted by Crippen LogP contribution is -2.37. The molecule has 0 spiro atoms. The van der Waals surface area contributed by atoms with Crippen LogP contribution in [0.2, 0.25) is 0 Å². The molecule has 0 saturated carbocycles. The molecule has 2 aromatic carbocycles. The minimum atomic E-state index is -0.115. The van der Waals surface area contributed by atoms with Crippen LogP contribution in [0.25, 0.3) is 22.0 Å². The summed E-state index contributed by atoms with van der Waals surface area (Å²) in [4.78, 5) is 18.6. The summed E-state index contributed by atoms with van der Waals surface area (Å²) in [6, 6.07) is 12.7. The van der Waals surface area contributed by atoms with Crippen molar-refractivity contribution in [2.75, 3.05) is 20.2 Å². The lowest BCUT2D eigenvalue weighted by Gasteiger charge is -2.32. The maximum absolute atomic E-state index is 13.1. The first-order chi connectivity index (χ1) is 14.4. The highest BCUT2D eigenvalue weighted by Gasteiger charge is 2.21. The van der Waals surface area contributed by atoms with Gasteiger partial charge in [-0.05, 0) is 70.5 Å². The number of H-pyrrole nitrogens is 1. The maximum Gasteiger partial charge on any atom is 0.260 e. The molecule has 1 aliphatic heterocycles. The van der Waals surface area contributed by atoms with E-state index in [1.54, 1.807) is 0 Å². The third-order valence-electron chi connectivity index (χ3n) is 6.06. The molecule has 1 unspecified atom stereocenters. The fourth-order valence-corrected chi connectivity index (χ4v) is 4.94. The Balaban J connectivity index is 1.75. The first-order valence-corrected chi connectivity index (χ1v) is 11.5. The van der Waals surface area contributed by atoms with Crippen LogP contribution in [-0.4, -0.2) is 36.1 Å². The van der Waals surface area contributed by atoms with Crippen LogP contribution >= 0.6 is 15.9 Å². The minimum Gasteiger partial charge on any atom is -0.492 e. The van der Waals surface area contributed by atoms with Gasteiger partial charge in [-0.1, -0.05) is 51.7 Å². The molecule has 0 radical (unpaired) electrons. The molecule has 30 heavy (non-hydrogen) atoms. The number of ether oxygens (including phenoxy) is 1. The third kappa shape index (κ3) is 4.47. The molecule has 0 amide bonds. The van der Waals surface area contributed by atoms with Crippen LogP contribution in [0.4, 0.5) is 0 Å². The number of pyridine rings is 1. The molecule has 1 aliphatic rings. The number of piperidine rings is 1. The lowest BCUT2D eigenvalue weighted by molar-refractivity contribution is 0.153. The first-order valence-electron chi connectivity index (χ1n) is 10.7. The molecule has 5 heteroatoms. The van der Waals surface area contributed by atoms with E-state index in [4.69, 9.17) is 4.74 Å². The SMILES string of the molecule is Cc1cc(C)cc(-c2c(OCCC3CCCCN3C)c3ccc(Br)cc3[nH]c2=O)c1. The molecule has 4 rings (SSSR count). The van der Waals surface area contributed by atoms with Crippen molar-refractivity contribution in [3.05, 3.63) is 62.4 Å². The van der Waals surface area contributed by atoms with Gasteiger partial charge in [-0.15, -0.1) is 0 Å². The van der Waals surface area contributed by atoms with Crippen LogP contribution in [0.3, 0.4) is 0 Å². The highest BCUT2D eigenvalue weighted by atomic mass is 79.9. The van der Waals surface area contributed by atoms with E-state index in [2.05, 4.69) is 64.9 Å². The molecule has 2 heterocycles. The van der Waals surface area contributed by atoms with Crippen LogP contribution in [-0.2, 0) is 0 Å². The van der Waals surface area contributed by atoms with E-state index >= 15 is 0 Å². The predicted octanol–water partition coefficient (Wildman–Crippen LogP) is 5.83. The van der Waals surface area contributed by atoms with Crippen LogP contribution in [0.1, 0.15) is 36.8 Å². The number of aryl methyl sites for hydroxylation is 2.